The number of thiocyanates is 1. The van der Waals surface area contributed by atoms with Crippen LogP contribution in [0.1, 0.15) is 13.8 Å². The molecule has 0 radical (unpaired) electrons. The Morgan fingerprint density at radius 1 is 1.21 bits per heavy atom. The van der Waals surface area contributed by atoms with E-state index in [0.29, 0.717) is 0 Å². The molecule has 0 unspecified atom stereocenters. The Morgan fingerprint density at radius 2 is 1.79 bits per heavy atom. The molecule has 14 heavy (non-hydrogen) atoms. The van der Waals surface area contributed by atoms with Crippen LogP contribution >= 0.6 is 11.8 Å². The van der Waals surface area contributed by atoms with Gasteiger partial charge in [-0.3, -0.25) is 0 Å². The molecule has 2 nitrogen and oxygen atoms in total. The number of thioether (sulfide) groups is 1. The van der Waals surface area contributed by atoms with Crippen molar-refractivity contribution in [3.8, 4) is 5.40 Å². The maximum atomic E-state index is 8.49. The molecule has 0 aromatic heterocycles. The summed E-state index contributed by atoms with van der Waals surface area (Å²) in [7, 11) is 0. The predicted molar refractivity (Wildman–Crippen MR) is 61.5 cm³/mol. The fraction of sp³-hybridized carbons (Fsp3) is 0.364. The number of nitrogens with zero attached hydrogens (tertiary/aromatic N) is 2. The fourth-order valence-corrected chi connectivity index (χ4v) is 1.74. The molecular weight excluding hydrogens is 192 g/mol. The number of anilines is 1. The molecule has 0 aliphatic rings. The number of nitriles is 1. The van der Waals surface area contributed by atoms with Crippen LogP contribution in [-0.4, -0.2) is 13.1 Å². The Morgan fingerprint density at radius 3 is 2.21 bits per heavy atom. The molecule has 0 bridgehead atoms. The van der Waals surface area contributed by atoms with Crippen LogP contribution in [0.2, 0.25) is 0 Å². The Hall–Kier alpha value is -1.14. The van der Waals surface area contributed by atoms with E-state index >= 15 is 0 Å². The zero-order chi connectivity index (χ0) is 10.4. The lowest BCUT2D eigenvalue weighted by Gasteiger charge is -2.20. The molecule has 1 rings (SSSR count). The van der Waals surface area contributed by atoms with E-state index in [9.17, 15) is 0 Å². The lowest BCUT2D eigenvalue weighted by molar-refractivity contribution is 0.865. The molecule has 0 N–H and O–H groups in total. The fourth-order valence-electron chi connectivity index (χ4n) is 1.37. The van der Waals surface area contributed by atoms with Crippen molar-refractivity contribution in [2.45, 2.75) is 18.7 Å². The van der Waals surface area contributed by atoms with Gasteiger partial charge < -0.3 is 4.90 Å². The van der Waals surface area contributed by atoms with Crippen molar-refractivity contribution in [3.63, 3.8) is 0 Å². The molecule has 0 aliphatic heterocycles. The van der Waals surface area contributed by atoms with Crippen molar-refractivity contribution in [2.24, 2.45) is 0 Å². The molecule has 0 heterocycles. The summed E-state index contributed by atoms with van der Waals surface area (Å²) in [5.41, 5.74) is 1.22. The zero-order valence-electron chi connectivity index (χ0n) is 8.53. The van der Waals surface area contributed by atoms with Crippen molar-refractivity contribution >= 4 is 17.4 Å². The lowest BCUT2D eigenvalue weighted by atomic mass is 10.3. The maximum absolute atomic E-state index is 8.49. The summed E-state index contributed by atoms with van der Waals surface area (Å²) in [6, 6.07) is 8.10. The van der Waals surface area contributed by atoms with Gasteiger partial charge in [0.05, 0.1) is 0 Å². The Labute approximate surface area is 89.5 Å². The monoisotopic (exact) mass is 206 g/mol. The van der Waals surface area contributed by atoms with Crippen LogP contribution in [0.15, 0.2) is 29.2 Å². The first-order chi connectivity index (χ1) is 6.81. The minimum Gasteiger partial charge on any atom is -0.372 e. The maximum Gasteiger partial charge on any atom is 0.138 e. The van der Waals surface area contributed by atoms with Gasteiger partial charge in [0.25, 0.3) is 0 Å². The predicted octanol–water partition coefficient (Wildman–Crippen LogP) is 3.11. The minimum absolute atomic E-state index is 1.00. The molecule has 1 aromatic rings. The van der Waals surface area contributed by atoms with Crippen LogP contribution in [-0.2, 0) is 0 Å². The third-order valence-corrected chi connectivity index (χ3v) is 2.73. The second-order valence-corrected chi connectivity index (χ2v) is 3.72. The van der Waals surface area contributed by atoms with Gasteiger partial charge in [0.2, 0.25) is 0 Å². The van der Waals surface area contributed by atoms with E-state index in [1.807, 2.05) is 12.1 Å². The molecule has 0 atom stereocenters. The molecule has 74 valence electrons. The second kappa shape index (κ2) is 5.56. The molecule has 0 saturated carbocycles. The van der Waals surface area contributed by atoms with E-state index in [0.717, 1.165) is 18.0 Å². The molecule has 0 fully saturated rings. The number of hydrogen-bond acceptors (Lipinski definition) is 3. The van der Waals surface area contributed by atoms with Crippen molar-refractivity contribution in [2.75, 3.05) is 18.0 Å². The topological polar surface area (TPSA) is 27.0 Å². The van der Waals surface area contributed by atoms with Gasteiger partial charge in [0, 0.05) is 23.7 Å². The summed E-state index contributed by atoms with van der Waals surface area (Å²) >= 11 is 1.20. The van der Waals surface area contributed by atoms with E-state index in [1.165, 1.54) is 17.4 Å². The molecule has 3 heteroatoms. The number of hydrogen-bond donors (Lipinski definition) is 0. The highest BCUT2D eigenvalue weighted by Gasteiger charge is 2.00. The van der Waals surface area contributed by atoms with Crippen LogP contribution in [0.4, 0.5) is 5.69 Å². The van der Waals surface area contributed by atoms with Gasteiger partial charge >= 0.3 is 0 Å². The largest absolute Gasteiger partial charge is 0.372 e. The molecule has 0 amide bonds. The summed E-state index contributed by atoms with van der Waals surface area (Å²) in [6.07, 6.45) is 0. The van der Waals surface area contributed by atoms with Crippen molar-refractivity contribution in [3.05, 3.63) is 24.3 Å². The van der Waals surface area contributed by atoms with Crippen LogP contribution in [0.5, 0.6) is 0 Å². The second-order valence-electron chi connectivity index (χ2n) is 2.86. The SMILES string of the molecule is CCN(CC)c1ccc(SC#N)cc1. The van der Waals surface area contributed by atoms with Gasteiger partial charge in [-0.1, -0.05) is 0 Å². The first-order valence-electron chi connectivity index (χ1n) is 4.72. The highest BCUT2D eigenvalue weighted by atomic mass is 32.2. The van der Waals surface area contributed by atoms with Gasteiger partial charge in [-0.05, 0) is 49.9 Å². The summed E-state index contributed by atoms with van der Waals surface area (Å²) in [6.45, 7) is 6.31. The third kappa shape index (κ3) is 2.68. The highest BCUT2D eigenvalue weighted by molar-refractivity contribution is 8.03. The number of benzene rings is 1. The van der Waals surface area contributed by atoms with E-state index in [2.05, 4.69) is 36.3 Å². The minimum atomic E-state index is 1.00. The number of rotatable bonds is 4. The van der Waals surface area contributed by atoms with E-state index in [-0.39, 0.29) is 0 Å². The molecule has 0 saturated heterocycles. The van der Waals surface area contributed by atoms with Crippen LogP contribution in [0, 0.1) is 10.7 Å². The standard InChI is InChI=1S/C11H14N2S/c1-3-13(4-2)10-5-7-11(8-6-10)14-9-12/h5-8H,3-4H2,1-2H3. The van der Waals surface area contributed by atoms with Gasteiger partial charge in [0.1, 0.15) is 5.40 Å². The Bertz CT molecular complexity index is 309. The van der Waals surface area contributed by atoms with Gasteiger partial charge in [-0.25, -0.2) is 0 Å². The summed E-state index contributed by atoms with van der Waals surface area (Å²) in [4.78, 5) is 3.28. The quantitative estimate of drug-likeness (QED) is 0.559. The van der Waals surface area contributed by atoms with Crippen LogP contribution in [0.25, 0.3) is 0 Å². The molecule has 0 aliphatic carbocycles. The van der Waals surface area contributed by atoms with Crippen molar-refractivity contribution in [1.82, 2.24) is 0 Å². The molecule has 0 spiro atoms. The van der Waals surface area contributed by atoms with E-state index < -0.39 is 0 Å². The normalized spacial score (nSPS) is 9.50. The van der Waals surface area contributed by atoms with Gasteiger partial charge in [0.15, 0.2) is 0 Å². The Kier molecular flexibility index (Phi) is 4.34. The van der Waals surface area contributed by atoms with E-state index in [1.54, 1.807) is 0 Å². The smallest absolute Gasteiger partial charge is 0.138 e. The van der Waals surface area contributed by atoms with Crippen molar-refractivity contribution < 1.29 is 0 Å². The van der Waals surface area contributed by atoms with Crippen LogP contribution in [0.3, 0.4) is 0 Å². The Balaban J connectivity index is 2.77. The average molecular weight is 206 g/mol. The van der Waals surface area contributed by atoms with Crippen molar-refractivity contribution in [1.29, 1.82) is 5.26 Å². The molecule has 1 aromatic carbocycles. The summed E-state index contributed by atoms with van der Waals surface area (Å²) in [5, 5.41) is 10.6. The third-order valence-electron chi connectivity index (χ3n) is 2.13. The molecular formula is C11H14N2S. The first-order valence-corrected chi connectivity index (χ1v) is 5.54. The lowest BCUT2D eigenvalue weighted by Crippen LogP contribution is -2.21. The average Bonchev–Trinajstić information content (AvgIpc) is 2.23. The van der Waals surface area contributed by atoms with Crippen LogP contribution < -0.4 is 4.90 Å². The van der Waals surface area contributed by atoms with Gasteiger partial charge in [-0.15, -0.1) is 0 Å². The zero-order valence-corrected chi connectivity index (χ0v) is 9.34. The van der Waals surface area contributed by atoms with E-state index in [4.69, 9.17) is 5.26 Å². The summed E-state index contributed by atoms with van der Waals surface area (Å²) in [5.74, 6) is 0. The van der Waals surface area contributed by atoms with Gasteiger partial charge in [-0.2, -0.15) is 5.26 Å². The highest BCUT2D eigenvalue weighted by Crippen LogP contribution is 2.21. The summed E-state index contributed by atoms with van der Waals surface area (Å²) < 4.78 is 0. The first kappa shape index (κ1) is 10.9.